The fourth-order valence-electron chi connectivity index (χ4n) is 2.82. The molecule has 2 amide bonds. The number of carbonyl (C=O) groups is 2. The van der Waals surface area contributed by atoms with Crippen molar-refractivity contribution in [1.82, 2.24) is 4.90 Å². The second kappa shape index (κ2) is 6.89. The first-order chi connectivity index (χ1) is 12.0. The first-order valence-corrected chi connectivity index (χ1v) is 8.21. The normalized spacial score (nSPS) is 14.4. The predicted molar refractivity (Wildman–Crippen MR) is 95.1 cm³/mol. The van der Waals surface area contributed by atoms with Crippen LogP contribution in [0.4, 0.5) is 10.1 Å². The molecule has 2 aromatic rings. The maximum absolute atomic E-state index is 13.5. The summed E-state index contributed by atoms with van der Waals surface area (Å²) < 4.78 is 13.5. The second-order valence-corrected chi connectivity index (χ2v) is 6.01. The summed E-state index contributed by atoms with van der Waals surface area (Å²) >= 11 is 0. The Hall–Kier alpha value is -2.95. The number of amides is 2. The van der Waals surface area contributed by atoms with Crippen molar-refractivity contribution in [2.75, 3.05) is 11.9 Å². The van der Waals surface area contributed by atoms with Gasteiger partial charge in [0.1, 0.15) is 11.5 Å². The van der Waals surface area contributed by atoms with Gasteiger partial charge in [0.15, 0.2) is 0 Å². The molecule has 5 heteroatoms. The van der Waals surface area contributed by atoms with E-state index in [1.165, 1.54) is 17.0 Å². The molecule has 0 atom stereocenters. The molecule has 4 nitrogen and oxygen atoms in total. The fourth-order valence-corrected chi connectivity index (χ4v) is 2.82. The van der Waals surface area contributed by atoms with Crippen LogP contribution in [0.15, 0.2) is 54.2 Å². The summed E-state index contributed by atoms with van der Waals surface area (Å²) in [6.45, 7) is 4.21. The van der Waals surface area contributed by atoms with Gasteiger partial charge in [0.25, 0.3) is 11.8 Å². The fraction of sp³-hybridized carbons (Fsp3) is 0.200. The monoisotopic (exact) mass is 338 g/mol. The molecule has 0 spiro atoms. The minimum atomic E-state index is -0.412. The Kier molecular flexibility index (Phi) is 4.65. The molecule has 0 aromatic heterocycles. The molecule has 0 radical (unpaired) electrons. The summed E-state index contributed by atoms with van der Waals surface area (Å²) in [7, 11) is 0. The Labute approximate surface area is 146 Å². The summed E-state index contributed by atoms with van der Waals surface area (Å²) in [6, 6.07) is 13.2. The van der Waals surface area contributed by atoms with Crippen molar-refractivity contribution in [3.05, 3.63) is 71.2 Å². The third-order valence-electron chi connectivity index (χ3n) is 4.05. The quantitative estimate of drug-likeness (QED) is 0.845. The number of anilines is 1. The van der Waals surface area contributed by atoms with E-state index < -0.39 is 5.82 Å². The molecule has 3 rings (SSSR count). The zero-order valence-electron chi connectivity index (χ0n) is 14.2. The van der Waals surface area contributed by atoms with Gasteiger partial charge in [-0.15, -0.1) is 0 Å². The molecule has 25 heavy (non-hydrogen) atoms. The summed E-state index contributed by atoms with van der Waals surface area (Å²) in [4.78, 5) is 26.8. The molecular weight excluding hydrogens is 319 g/mol. The van der Waals surface area contributed by atoms with Gasteiger partial charge in [0, 0.05) is 12.2 Å². The van der Waals surface area contributed by atoms with Crippen LogP contribution in [-0.4, -0.2) is 23.3 Å². The van der Waals surface area contributed by atoms with Crippen molar-refractivity contribution in [3.8, 4) is 0 Å². The van der Waals surface area contributed by atoms with Gasteiger partial charge in [-0.25, -0.2) is 4.39 Å². The Morgan fingerprint density at radius 2 is 1.76 bits per heavy atom. The van der Waals surface area contributed by atoms with Gasteiger partial charge in [-0.05, 0) is 37.1 Å². The summed E-state index contributed by atoms with van der Waals surface area (Å²) in [5, 5.41) is 2.94. The van der Waals surface area contributed by atoms with E-state index in [1.54, 1.807) is 12.1 Å². The third-order valence-corrected chi connectivity index (χ3v) is 4.05. The van der Waals surface area contributed by atoms with Crippen LogP contribution in [-0.2, 0) is 9.59 Å². The van der Waals surface area contributed by atoms with Crippen molar-refractivity contribution in [2.24, 2.45) is 0 Å². The van der Waals surface area contributed by atoms with E-state index in [2.05, 4.69) is 5.32 Å². The minimum Gasteiger partial charge on any atom is -0.350 e. The number of rotatable bonds is 5. The van der Waals surface area contributed by atoms with Crippen LogP contribution < -0.4 is 5.32 Å². The zero-order chi connectivity index (χ0) is 18.0. The highest BCUT2D eigenvalue weighted by Gasteiger charge is 2.38. The summed E-state index contributed by atoms with van der Waals surface area (Å²) in [6.07, 6.45) is 0.673. The van der Waals surface area contributed by atoms with Crippen LogP contribution in [0.3, 0.4) is 0 Å². The lowest BCUT2D eigenvalue weighted by Crippen LogP contribution is -2.33. The van der Waals surface area contributed by atoms with Crippen molar-refractivity contribution in [3.63, 3.8) is 0 Å². The Bertz CT molecular complexity index is 856. The number of nitrogens with zero attached hydrogens (tertiary/aromatic N) is 1. The average molecular weight is 338 g/mol. The van der Waals surface area contributed by atoms with Gasteiger partial charge in [-0.1, -0.05) is 42.8 Å². The van der Waals surface area contributed by atoms with Crippen LogP contribution >= 0.6 is 0 Å². The van der Waals surface area contributed by atoms with Crippen molar-refractivity contribution >= 4 is 23.1 Å². The molecule has 0 unspecified atom stereocenters. The highest BCUT2D eigenvalue weighted by Crippen LogP contribution is 2.30. The number of aryl methyl sites for hydroxylation is 1. The van der Waals surface area contributed by atoms with Gasteiger partial charge < -0.3 is 5.32 Å². The second-order valence-electron chi connectivity index (χ2n) is 6.01. The van der Waals surface area contributed by atoms with Gasteiger partial charge in [0.05, 0.1) is 5.57 Å². The first kappa shape index (κ1) is 16.9. The zero-order valence-corrected chi connectivity index (χ0v) is 14.2. The van der Waals surface area contributed by atoms with Crippen LogP contribution in [0.25, 0.3) is 5.57 Å². The van der Waals surface area contributed by atoms with Crippen LogP contribution in [0.1, 0.15) is 24.5 Å². The molecular formula is C20H19FN2O2. The number of hydrogen-bond acceptors (Lipinski definition) is 3. The van der Waals surface area contributed by atoms with E-state index in [4.69, 9.17) is 0 Å². The highest BCUT2D eigenvalue weighted by molar-refractivity contribution is 6.36. The van der Waals surface area contributed by atoms with Crippen molar-refractivity contribution in [2.45, 2.75) is 20.3 Å². The van der Waals surface area contributed by atoms with Crippen LogP contribution in [0.5, 0.6) is 0 Å². The molecule has 0 bridgehead atoms. The van der Waals surface area contributed by atoms with E-state index in [-0.39, 0.29) is 17.5 Å². The third kappa shape index (κ3) is 3.31. The van der Waals surface area contributed by atoms with E-state index in [9.17, 15) is 14.0 Å². The number of hydrogen-bond donors (Lipinski definition) is 1. The molecule has 128 valence electrons. The molecule has 1 N–H and O–H groups in total. The standard InChI is InChI=1S/C20H19FN2O2/c1-3-11-23-19(24)17(14-9-7-13(2)8-10-14)18(20(23)25)22-16-6-4-5-15(21)12-16/h4-10,12,22H,3,11H2,1-2H3. The van der Waals surface area contributed by atoms with Gasteiger partial charge in [-0.2, -0.15) is 0 Å². The number of halogens is 1. The Morgan fingerprint density at radius 3 is 2.40 bits per heavy atom. The Balaban J connectivity index is 2.07. The molecule has 0 fully saturated rings. The van der Waals surface area contributed by atoms with E-state index >= 15 is 0 Å². The number of carbonyl (C=O) groups excluding carboxylic acids is 2. The maximum Gasteiger partial charge on any atom is 0.278 e. The van der Waals surface area contributed by atoms with Crippen LogP contribution in [0, 0.1) is 12.7 Å². The van der Waals surface area contributed by atoms with Gasteiger partial charge >= 0.3 is 0 Å². The smallest absolute Gasteiger partial charge is 0.278 e. The number of imide groups is 1. The minimum absolute atomic E-state index is 0.188. The lowest BCUT2D eigenvalue weighted by molar-refractivity contribution is -0.136. The molecule has 1 aliphatic heterocycles. The summed E-state index contributed by atoms with van der Waals surface area (Å²) in [5.74, 6) is -1.12. The number of nitrogens with one attached hydrogen (secondary N) is 1. The van der Waals surface area contributed by atoms with E-state index in [0.29, 0.717) is 29.8 Å². The largest absolute Gasteiger partial charge is 0.350 e. The predicted octanol–water partition coefficient (Wildman–Crippen LogP) is 3.74. The van der Waals surface area contributed by atoms with Gasteiger partial charge in [0.2, 0.25) is 0 Å². The SMILES string of the molecule is CCCN1C(=O)C(Nc2cccc(F)c2)=C(c2ccc(C)cc2)C1=O. The molecule has 2 aromatic carbocycles. The van der Waals surface area contributed by atoms with E-state index in [1.807, 2.05) is 38.1 Å². The highest BCUT2D eigenvalue weighted by atomic mass is 19.1. The Morgan fingerprint density at radius 1 is 1.04 bits per heavy atom. The number of benzene rings is 2. The van der Waals surface area contributed by atoms with Gasteiger partial charge in [-0.3, -0.25) is 14.5 Å². The average Bonchev–Trinajstić information content (AvgIpc) is 2.81. The molecule has 0 saturated carbocycles. The van der Waals surface area contributed by atoms with Crippen molar-refractivity contribution < 1.29 is 14.0 Å². The van der Waals surface area contributed by atoms with Crippen molar-refractivity contribution in [1.29, 1.82) is 0 Å². The lowest BCUT2D eigenvalue weighted by atomic mass is 10.0. The maximum atomic E-state index is 13.5. The molecule has 1 aliphatic rings. The topological polar surface area (TPSA) is 49.4 Å². The lowest BCUT2D eigenvalue weighted by Gasteiger charge is -2.13. The molecule has 1 heterocycles. The molecule has 0 saturated heterocycles. The summed E-state index contributed by atoms with van der Waals surface area (Å²) in [5.41, 5.74) is 2.67. The molecule has 0 aliphatic carbocycles. The van der Waals surface area contributed by atoms with E-state index in [0.717, 1.165) is 5.56 Å². The van der Waals surface area contributed by atoms with Crippen LogP contribution in [0.2, 0.25) is 0 Å². The first-order valence-electron chi connectivity index (χ1n) is 8.21.